The highest BCUT2D eigenvalue weighted by Gasteiger charge is 2.04. The molecule has 0 aromatic carbocycles. The van der Waals surface area contributed by atoms with Crippen molar-refractivity contribution in [2.75, 3.05) is 18.1 Å². The van der Waals surface area contributed by atoms with Crippen LogP contribution >= 0.6 is 15.9 Å². The highest BCUT2D eigenvalue weighted by molar-refractivity contribution is 9.17. The molecular formula is C6H8BrN5. The van der Waals surface area contributed by atoms with Crippen LogP contribution in [0.15, 0.2) is 11.3 Å². The molecule has 1 rings (SSSR count). The molecule has 1 aromatic heterocycles. The Labute approximate surface area is 78.3 Å². The van der Waals surface area contributed by atoms with Gasteiger partial charge in [-0.25, -0.2) is 15.0 Å². The minimum absolute atomic E-state index is 0.389. The molecule has 0 aliphatic rings. The molecule has 0 aliphatic heterocycles. The van der Waals surface area contributed by atoms with Crippen LogP contribution in [-0.2, 0) is 0 Å². The Kier molecular flexibility index (Phi) is 2.98. The van der Waals surface area contributed by atoms with Crippen molar-refractivity contribution in [1.82, 2.24) is 9.97 Å². The normalized spacial score (nSPS) is 10.5. The number of hydrogen-bond acceptors (Lipinski definition) is 5. The lowest BCUT2D eigenvalue weighted by atomic mass is 10.4. The number of aliphatic imine (C=N–C) groups is 1. The van der Waals surface area contributed by atoms with Crippen molar-refractivity contribution in [2.45, 2.75) is 0 Å². The maximum atomic E-state index is 5.56. The lowest BCUT2D eigenvalue weighted by Gasteiger charge is -2.04. The quantitative estimate of drug-likeness (QED) is 0.747. The highest BCUT2D eigenvalue weighted by Crippen LogP contribution is 2.25. The SMILES string of the molecule is CNc1c(N)ncnc1N=CBr. The Morgan fingerprint density at radius 1 is 1.67 bits per heavy atom. The van der Waals surface area contributed by atoms with Gasteiger partial charge < -0.3 is 11.1 Å². The van der Waals surface area contributed by atoms with E-state index in [9.17, 15) is 0 Å². The fourth-order valence-corrected chi connectivity index (χ4v) is 0.967. The molecule has 6 heteroatoms. The predicted molar refractivity (Wildman–Crippen MR) is 53.1 cm³/mol. The summed E-state index contributed by atoms with van der Waals surface area (Å²) in [7, 11) is 1.74. The summed E-state index contributed by atoms with van der Waals surface area (Å²) < 4.78 is 0. The second-order valence-corrected chi connectivity index (χ2v) is 2.34. The molecule has 5 nitrogen and oxygen atoms in total. The standard InChI is InChI=1S/C6H8BrN5/c1-9-4-5(8)11-3-12-6(4)10-2-7/h2-3,9H,1H3,(H2,8,11,12). The summed E-state index contributed by atoms with van der Waals surface area (Å²) in [4.78, 5) is 11.7. The Hall–Kier alpha value is -1.17. The van der Waals surface area contributed by atoms with Crippen LogP contribution in [0.2, 0.25) is 0 Å². The number of anilines is 2. The molecule has 3 N–H and O–H groups in total. The molecule has 0 spiro atoms. The van der Waals surface area contributed by atoms with E-state index in [4.69, 9.17) is 5.73 Å². The van der Waals surface area contributed by atoms with Crippen molar-refractivity contribution in [3.8, 4) is 0 Å². The fourth-order valence-electron chi connectivity index (χ4n) is 0.773. The zero-order valence-electron chi connectivity index (χ0n) is 6.45. The number of rotatable bonds is 2. The van der Waals surface area contributed by atoms with E-state index in [0.29, 0.717) is 17.3 Å². The number of aromatic nitrogens is 2. The molecule has 12 heavy (non-hydrogen) atoms. The largest absolute Gasteiger partial charge is 0.382 e. The van der Waals surface area contributed by atoms with Crippen LogP contribution in [0.4, 0.5) is 17.3 Å². The number of nitrogens with zero attached hydrogens (tertiary/aromatic N) is 3. The third-order valence-electron chi connectivity index (χ3n) is 1.28. The fraction of sp³-hybridized carbons (Fsp3) is 0.167. The van der Waals surface area contributed by atoms with Gasteiger partial charge in [0.25, 0.3) is 0 Å². The first-order valence-corrected chi connectivity index (χ1v) is 4.12. The minimum Gasteiger partial charge on any atom is -0.382 e. The van der Waals surface area contributed by atoms with Gasteiger partial charge in [-0.3, -0.25) is 0 Å². The molecule has 0 fully saturated rings. The Morgan fingerprint density at radius 3 is 3.00 bits per heavy atom. The monoisotopic (exact) mass is 229 g/mol. The molecule has 64 valence electrons. The predicted octanol–water partition coefficient (Wildman–Crippen LogP) is 1.16. The number of hydrogen-bond donors (Lipinski definition) is 2. The zero-order valence-corrected chi connectivity index (χ0v) is 8.04. The second kappa shape index (κ2) is 4.01. The Morgan fingerprint density at radius 2 is 2.42 bits per heavy atom. The molecule has 0 bridgehead atoms. The van der Waals surface area contributed by atoms with Gasteiger partial charge in [0.2, 0.25) is 0 Å². The summed E-state index contributed by atoms with van der Waals surface area (Å²) in [6, 6.07) is 0. The van der Waals surface area contributed by atoms with Crippen LogP contribution in [0.5, 0.6) is 0 Å². The third-order valence-corrected chi connectivity index (χ3v) is 1.48. The molecule has 0 unspecified atom stereocenters. The molecule has 0 atom stereocenters. The van der Waals surface area contributed by atoms with Gasteiger partial charge in [-0.1, -0.05) is 0 Å². The maximum Gasteiger partial charge on any atom is 0.181 e. The molecule has 0 saturated heterocycles. The van der Waals surface area contributed by atoms with Crippen molar-refractivity contribution in [2.24, 2.45) is 4.99 Å². The van der Waals surface area contributed by atoms with Gasteiger partial charge in [0, 0.05) is 7.05 Å². The minimum atomic E-state index is 0.389. The highest BCUT2D eigenvalue weighted by atomic mass is 79.9. The summed E-state index contributed by atoms with van der Waals surface area (Å²) in [6.45, 7) is 0. The van der Waals surface area contributed by atoms with Crippen LogP contribution in [0, 0.1) is 0 Å². The van der Waals surface area contributed by atoms with Gasteiger partial charge in [0.1, 0.15) is 12.0 Å². The molecule has 1 aromatic rings. The van der Waals surface area contributed by atoms with Gasteiger partial charge >= 0.3 is 0 Å². The van der Waals surface area contributed by atoms with E-state index < -0.39 is 0 Å². The van der Waals surface area contributed by atoms with Gasteiger partial charge in [-0.15, -0.1) is 0 Å². The van der Waals surface area contributed by atoms with Crippen LogP contribution in [0.25, 0.3) is 0 Å². The molecule has 0 radical (unpaired) electrons. The van der Waals surface area contributed by atoms with Crippen molar-refractivity contribution in [3.05, 3.63) is 6.33 Å². The summed E-state index contributed by atoms with van der Waals surface area (Å²) in [5.74, 6) is 0.905. The number of nitrogens with one attached hydrogen (secondary N) is 1. The number of nitrogen functional groups attached to an aromatic ring is 1. The van der Waals surface area contributed by atoms with E-state index in [-0.39, 0.29) is 0 Å². The average Bonchev–Trinajstić information content (AvgIpc) is 2.05. The van der Waals surface area contributed by atoms with E-state index in [1.807, 2.05) is 0 Å². The summed E-state index contributed by atoms with van der Waals surface area (Å²) in [6.07, 6.45) is 1.37. The van der Waals surface area contributed by atoms with E-state index in [1.54, 1.807) is 7.05 Å². The molecule has 1 heterocycles. The van der Waals surface area contributed by atoms with Crippen molar-refractivity contribution in [1.29, 1.82) is 0 Å². The topological polar surface area (TPSA) is 76.2 Å². The first kappa shape index (κ1) is 8.92. The lowest BCUT2D eigenvalue weighted by Crippen LogP contribution is -1.99. The van der Waals surface area contributed by atoms with Gasteiger partial charge in [0.05, 0.1) is 5.12 Å². The number of nitrogens with two attached hydrogens (primary N) is 1. The first-order valence-electron chi connectivity index (χ1n) is 3.20. The van der Waals surface area contributed by atoms with E-state index >= 15 is 0 Å². The summed E-state index contributed by atoms with van der Waals surface area (Å²) >= 11 is 3.05. The van der Waals surface area contributed by atoms with E-state index in [0.717, 1.165) is 0 Å². The summed E-state index contributed by atoms with van der Waals surface area (Å²) in [5.41, 5.74) is 6.19. The molecule has 0 amide bonds. The smallest absolute Gasteiger partial charge is 0.181 e. The van der Waals surface area contributed by atoms with E-state index in [1.165, 1.54) is 11.5 Å². The van der Waals surface area contributed by atoms with E-state index in [2.05, 4.69) is 36.2 Å². The number of halogens is 1. The van der Waals surface area contributed by atoms with Gasteiger partial charge in [-0.2, -0.15) is 0 Å². The van der Waals surface area contributed by atoms with Crippen LogP contribution in [0.3, 0.4) is 0 Å². The van der Waals surface area contributed by atoms with Gasteiger partial charge in [-0.05, 0) is 15.9 Å². The van der Waals surface area contributed by atoms with Crippen molar-refractivity contribution in [3.63, 3.8) is 0 Å². The third kappa shape index (κ3) is 1.70. The van der Waals surface area contributed by atoms with Gasteiger partial charge in [0.15, 0.2) is 11.6 Å². The van der Waals surface area contributed by atoms with Crippen molar-refractivity contribution >= 4 is 38.4 Å². The van der Waals surface area contributed by atoms with Crippen LogP contribution in [0.1, 0.15) is 0 Å². The average molecular weight is 230 g/mol. The molecule has 0 aliphatic carbocycles. The Bertz CT molecular complexity index is 298. The zero-order chi connectivity index (χ0) is 8.97. The van der Waals surface area contributed by atoms with Crippen LogP contribution in [-0.4, -0.2) is 22.1 Å². The van der Waals surface area contributed by atoms with Crippen molar-refractivity contribution < 1.29 is 0 Å². The Balaban J connectivity index is 3.18. The molecule has 0 saturated carbocycles. The first-order chi connectivity index (χ1) is 5.79. The second-order valence-electron chi connectivity index (χ2n) is 1.93. The molecular weight excluding hydrogens is 222 g/mol. The van der Waals surface area contributed by atoms with Crippen LogP contribution < -0.4 is 11.1 Å². The summed E-state index contributed by atoms with van der Waals surface area (Å²) in [5, 5.41) is 4.33. The lowest BCUT2D eigenvalue weighted by molar-refractivity contribution is 1.16. The maximum absolute atomic E-state index is 5.56.